The third kappa shape index (κ3) is 2.02. The van der Waals surface area contributed by atoms with Crippen LogP contribution in [0.1, 0.15) is 26.9 Å². The summed E-state index contributed by atoms with van der Waals surface area (Å²) in [6.07, 6.45) is 1.10. The van der Waals surface area contributed by atoms with Crippen LogP contribution in [0.4, 0.5) is 0 Å². The third-order valence-electron chi connectivity index (χ3n) is 2.07. The monoisotopic (exact) mass is 242 g/mol. The molecule has 0 N–H and O–H groups in total. The summed E-state index contributed by atoms with van der Waals surface area (Å²) >= 11 is 9.90. The first-order chi connectivity index (χ1) is 6.81. The summed E-state index contributed by atoms with van der Waals surface area (Å²) in [5.74, 6) is 0. The highest BCUT2D eigenvalue weighted by molar-refractivity contribution is 7.13. The fourth-order valence-electron chi connectivity index (χ4n) is 1.30. The van der Waals surface area contributed by atoms with Gasteiger partial charge in [-0.1, -0.05) is 13.0 Å². The second-order valence-corrected chi connectivity index (χ2v) is 5.65. The highest BCUT2D eigenvalue weighted by Gasteiger charge is 2.13. The molecule has 2 aromatic rings. The maximum atomic E-state index is 6.36. The van der Waals surface area contributed by atoms with E-state index in [1.165, 1.54) is 14.6 Å². The molecule has 0 saturated carbocycles. The maximum absolute atomic E-state index is 6.36. The lowest BCUT2D eigenvalue weighted by Gasteiger charge is -2.02. The van der Waals surface area contributed by atoms with E-state index in [1.807, 2.05) is 17.4 Å². The van der Waals surface area contributed by atoms with Crippen molar-refractivity contribution in [2.24, 2.45) is 0 Å². The van der Waals surface area contributed by atoms with Crippen LogP contribution in [0.2, 0.25) is 0 Å². The van der Waals surface area contributed by atoms with Crippen LogP contribution in [-0.2, 0) is 6.42 Å². The molecule has 0 fully saturated rings. The van der Waals surface area contributed by atoms with Crippen LogP contribution in [-0.4, -0.2) is 0 Å². The smallest absolute Gasteiger partial charge is 0.102 e. The fourth-order valence-corrected chi connectivity index (χ4v) is 3.47. The predicted octanol–water partition coefficient (Wildman–Crippen LogP) is 4.70. The number of aryl methyl sites for hydroxylation is 1. The van der Waals surface area contributed by atoms with Gasteiger partial charge in [0.2, 0.25) is 0 Å². The van der Waals surface area contributed by atoms with Crippen molar-refractivity contribution in [1.29, 1.82) is 0 Å². The SMILES string of the molecule is CCc1ccc(C(Cl)c2cccs2)s1. The molecule has 1 atom stereocenters. The predicted molar refractivity (Wildman–Crippen MR) is 65.7 cm³/mol. The van der Waals surface area contributed by atoms with Crippen molar-refractivity contribution >= 4 is 34.3 Å². The Morgan fingerprint density at radius 3 is 2.71 bits per heavy atom. The van der Waals surface area contributed by atoms with E-state index in [4.69, 9.17) is 11.6 Å². The lowest BCUT2D eigenvalue weighted by molar-refractivity contribution is 1.19. The molecule has 0 bridgehead atoms. The lowest BCUT2D eigenvalue weighted by atomic mass is 10.3. The fraction of sp³-hybridized carbons (Fsp3) is 0.273. The minimum atomic E-state index is 0.0419. The largest absolute Gasteiger partial charge is 0.147 e. The molecule has 74 valence electrons. The molecule has 0 aliphatic rings. The van der Waals surface area contributed by atoms with E-state index in [0.717, 1.165) is 6.42 Å². The zero-order chi connectivity index (χ0) is 9.97. The van der Waals surface area contributed by atoms with Gasteiger partial charge < -0.3 is 0 Å². The molecular formula is C11H11ClS2. The topological polar surface area (TPSA) is 0 Å². The Morgan fingerprint density at radius 1 is 1.29 bits per heavy atom. The van der Waals surface area contributed by atoms with Crippen LogP contribution in [0.5, 0.6) is 0 Å². The van der Waals surface area contributed by atoms with E-state index < -0.39 is 0 Å². The standard InChI is InChI=1S/C11H11ClS2/c1-2-8-5-6-10(14-8)11(12)9-4-3-7-13-9/h3-7,11H,2H2,1H3. The summed E-state index contributed by atoms with van der Waals surface area (Å²) in [5, 5.41) is 2.11. The highest BCUT2D eigenvalue weighted by atomic mass is 35.5. The zero-order valence-electron chi connectivity index (χ0n) is 7.87. The molecule has 0 aliphatic carbocycles. The quantitative estimate of drug-likeness (QED) is 0.685. The minimum Gasteiger partial charge on any atom is -0.147 e. The Balaban J connectivity index is 2.23. The van der Waals surface area contributed by atoms with Gasteiger partial charge in [0.05, 0.1) is 0 Å². The number of alkyl halides is 1. The zero-order valence-corrected chi connectivity index (χ0v) is 10.3. The molecule has 2 rings (SSSR count). The molecule has 0 saturated heterocycles. The molecule has 3 heteroatoms. The molecule has 0 aliphatic heterocycles. The number of rotatable bonds is 3. The highest BCUT2D eigenvalue weighted by Crippen LogP contribution is 2.35. The molecule has 0 radical (unpaired) electrons. The normalized spacial score (nSPS) is 13.0. The second kappa shape index (κ2) is 4.47. The van der Waals surface area contributed by atoms with E-state index in [0.29, 0.717) is 0 Å². The Morgan fingerprint density at radius 2 is 2.14 bits per heavy atom. The number of halogens is 1. The lowest BCUT2D eigenvalue weighted by Crippen LogP contribution is -1.83. The van der Waals surface area contributed by atoms with Crippen molar-refractivity contribution in [2.75, 3.05) is 0 Å². The molecule has 0 amide bonds. The first-order valence-electron chi connectivity index (χ1n) is 4.57. The molecule has 2 aromatic heterocycles. The van der Waals surface area contributed by atoms with Gasteiger partial charge in [-0.25, -0.2) is 0 Å². The summed E-state index contributed by atoms with van der Waals surface area (Å²) in [5.41, 5.74) is 0. The van der Waals surface area contributed by atoms with Crippen LogP contribution in [0.15, 0.2) is 29.6 Å². The van der Waals surface area contributed by atoms with Crippen molar-refractivity contribution < 1.29 is 0 Å². The number of hydrogen-bond acceptors (Lipinski definition) is 2. The maximum Gasteiger partial charge on any atom is 0.102 e. The summed E-state index contributed by atoms with van der Waals surface area (Å²) in [6, 6.07) is 8.45. The first kappa shape index (κ1) is 10.2. The third-order valence-corrected chi connectivity index (χ3v) is 5.03. The van der Waals surface area contributed by atoms with Crippen molar-refractivity contribution in [3.05, 3.63) is 44.3 Å². The van der Waals surface area contributed by atoms with Gasteiger partial charge in [-0.2, -0.15) is 0 Å². The van der Waals surface area contributed by atoms with Gasteiger partial charge >= 0.3 is 0 Å². The van der Waals surface area contributed by atoms with E-state index in [9.17, 15) is 0 Å². The van der Waals surface area contributed by atoms with Gasteiger partial charge in [0.15, 0.2) is 0 Å². The van der Waals surface area contributed by atoms with E-state index >= 15 is 0 Å². The van der Waals surface area contributed by atoms with Crippen molar-refractivity contribution in [1.82, 2.24) is 0 Å². The van der Waals surface area contributed by atoms with Crippen LogP contribution in [0, 0.1) is 0 Å². The van der Waals surface area contributed by atoms with Gasteiger partial charge in [0.25, 0.3) is 0 Å². The van der Waals surface area contributed by atoms with E-state index in [1.54, 1.807) is 11.3 Å². The Bertz CT molecular complexity index is 389. The number of thiophene rings is 2. The molecule has 0 nitrogen and oxygen atoms in total. The van der Waals surface area contributed by atoms with Crippen molar-refractivity contribution in [2.45, 2.75) is 18.7 Å². The second-order valence-electron chi connectivity index (χ2n) is 3.04. The molecular weight excluding hydrogens is 232 g/mol. The van der Waals surface area contributed by atoms with Crippen LogP contribution >= 0.6 is 34.3 Å². The molecule has 0 spiro atoms. The number of hydrogen-bond donors (Lipinski definition) is 0. The van der Waals surface area contributed by atoms with Crippen molar-refractivity contribution in [3.8, 4) is 0 Å². The van der Waals surface area contributed by atoms with Crippen LogP contribution in [0.25, 0.3) is 0 Å². The van der Waals surface area contributed by atoms with Crippen molar-refractivity contribution in [3.63, 3.8) is 0 Å². The summed E-state index contributed by atoms with van der Waals surface area (Å²) in [7, 11) is 0. The summed E-state index contributed by atoms with van der Waals surface area (Å²) in [6.45, 7) is 2.17. The Labute approximate surface area is 97.2 Å². The summed E-state index contributed by atoms with van der Waals surface area (Å²) in [4.78, 5) is 3.89. The average molecular weight is 243 g/mol. The van der Waals surface area contributed by atoms with Crippen LogP contribution < -0.4 is 0 Å². The Kier molecular flexibility index (Phi) is 3.26. The Hall–Kier alpha value is -0.310. The summed E-state index contributed by atoms with van der Waals surface area (Å²) < 4.78 is 0. The molecule has 0 aromatic carbocycles. The van der Waals surface area contributed by atoms with Gasteiger partial charge in [-0.15, -0.1) is 34.3 Å². The first-order valence-corrected chi connectivity index (χ1v) is 6.70. The molecule has 14 heavy (non-hydrogen) atoms. The van der Waals surface area contributed by atoms with Crippen LogP contribution in [0.3, 0.4) is 0 Å². The molecule has 2 heterocycles. The minimum absolute atomic E-state index is 0.0419. The molecule has 1 unspecified atom stereocenters. The van der Waals surface area contributed by atoms with Gasteiger partial charge in [0, 0.05) is 14.6 Å². The average Bonchev–Trinajstić information content (AvgIpc) is 2.88. The van der Waals surface area contributed by atoms with Gasteiger partial charge in [0.1, 0.15) is 5.38 Å². The van der Waals surface area contributed by atoms with E-state index in [2.05, 4.69) is 30.5 Å². The van der Waals surface area contributed by atoms with Gasteiger partial charge in [-0.05, 0) is 30.0 Å². The van der Waals surface area contributed by atoms with E-state index in [-0.39, 0.29) is 5.38 Å². The van der Waals surface area contributed by atoms with Gasteiger partial charge in [-0.3, -0.25) is 0 Å².